The lowest BCUT2D eigenvalue weighted by molar-refractivity contribution is -0.118. The van der Waals surface area contributed by atoms with Gasteiger partial charge in [0.1, 0.15) is 17.1 Å². The van der Waals surface area contributed by atoms with Crippen LogP contribution in [0.25, 0.3) is 0 Å². The molecular formula is C17H25NO4. The number of ether oxygens (including phenoxy) is 2. The zero-order valence-corrected chi connectivity index (χ0v) is 14.2. The predicted octanol–water partition coefficient (Wildman–Crippen LogP) is 3.87. The number of carbonyl (C=O) groups excluding carboxylic acids is 2. The van der Waals surface area contributed by atoms with Crippen molar-refractivity contribution >= 4 is 17.6 Å². The second-order valence-corrected chi connectivity index (χ2v) is 6.17. The third-order valence-corrected chi connectivity index (χ3v) is 3.04. The van der Waals surface area contributed by atoms with E-state index in [9.17, 15) is 9.59 Å². The SMILES string of the molecule is CCC(=O)Cc1cc(OC)c(C)cc1NC(=O)OC(C)(C)C. The van der Waals surface area contributed by atoms with Crippen molar-refractivity contribution in [2.24, 2.45) is 0 Å². The van der Waals surface area contributed by atoms with Crippen molar-refractivity contribution in [3.05, 3.63) is 23.3 Å². The molecule has 1 amide bonds. The number of ketones is 1. The number of hydrogen-bond donors (Lipinski definition) is 1. The lowest BCUT2D eigenvalue weighted by atomic mass is 10.0. The Kier molecular flexibility index (Phi) is 5.97. The van der Waals surface area contributed by atoms with Crippen LogP contribution in [-0.2, 0) is 16.0 Å². The molecule has 0 fully saturated rings. The fourth-order valence-corrected chi connectivity index (χ4v) is 1.96. The maximum Gasteiger partial charge on any atom is 0.412 e. The smallest absolute Gasteiger partial charge is 0.412 e. The van der Waals surface area contributed by atoms with E-state index in [1.54, 1.807) is 40.0 Å². The molecule has 0 aliphatic heterocycles. The number of rotatable bonds is 5. The number of nitrogens with one attached hydrogen (secondary N) is 1. The van der Waals surface area contributed by atoms with E-state index < -0.39 is 11.7 Å². The Morgan fingerprint density at radius 1 is 1.23 bits per heavy atom. The molecule has 0 atom stereocenters. The Hall–Kier alpha value is -2.04. The summed E-state index contributed by atoms with van der Waals surface area (Å²) in [7, 11) is 1.58. The van der Waals surface area contributed by atoms with Crippen LogP contribution >= 0.6 is 0 Å². The van der Waals surface area contributed by atoms with E-state index in [1.165, 1.54) is 0 Å². The first-order chi connectivity index (χ1) is 10.2. The van der Waals surface area contributed by atoms with Crippen LogP contribution in [0.3, 0.4) is 0 Å². The van der Waals surface area contributed by atoms with E-state index in [4.69, 9.17) is 9.47 Å². The quantitative estimate of drug-likeness (QED) is 0.896. The molecule has 0 bridgehead atoms. The first kappa shape index (κ1) is 18.0. The van der Waals surface area contributed by atoms with Gasteiger partial charge < -0.3 is 9.47 Å². The van der Waals surface area contributed by atoms with Gasteiger partial charge in [-0.15, -0.1) is 0 Å². The Morgan fingerprint density at radius 2 is 1.86 bits per heavy atom. The molecule has 0 aliphatic rings. The van der Waals surface area contributed by atoms with E-state index in [1.807, 2.05) is 13.8 Å². The maximum atomic E-state index is 12.0. The van der Waals surface area contributed by atoms with Gasteiger partial charge in [-0.2, -0.15) is 0 Å². The highest BCUT2D eigenvalue weighted by atomic mass is 16.6. The van der Waals surface area contributed by atoms with Crippen molar-refractivity contribution in [3.63, 3.8) is 0 Å². The minimum absolute atomic E-state index is 0.0955. The van der Waals surface area contributed by atoms with Crippen molar-refractivity contribution < 1.29 is 19.1 Å². The first-order valence-corrected chi connectivity index (χ1v) is 7.35. The van der Waals surface area contributed by atoms with Crippen LogP contribution in [-0.4, -0.2) is 24.6 Å². The zero-order valence-electron chi connectivity index (χ0n) is 14.2. The molecule has 122 valence electrons. The lowest BCUT2D eigenvalue weighted by Gasteiger charge is -2.21. The molecule has 0 unspecified atom stereocenters. The van der Waals surface area contributed by atoms with Crippen LogP contribution in [0.4, 0.5) is 10.5 Å². The van der Waals surface area contributed by atoms with Crippen molar-refractivity contribution in [1.29, 1.82) is 0 Å². The molecule has 0 saturated heterocycles. The van der Waals surface area contributed by atoms with Crippen molar-refractivity contribution in [2.75, 3.05) is 12.4 Å². The maximum absolute atomic E-state index is 12.0. The summed E-state index contributed by atoms with van der Waals surface area (Å²) >= 11 is 0. The van der Waals surface area contributed by atoms with Gasteiger partial charge in [0.15, 0.2) is 0 Å². The van der Waals surface area contributed by atoms with Crippen LogP contribution in [0.1, 0.15) is 45.2 Å². The van der Waals surface area contributed by atoms with Crippen LogP contribution in [0.5, 0.6) is 5.75 Å². The number of hydrogen-bond acceptors (Lipinski definition) is 4. The fraction of sp³-hybridized carbons (Fsp3) is 0.529. The molecule has 0 spiro atoms. The highest BCUT2D eigenvalue weighted by Crippen LogP contribution is 2.28. The molecular weight excluding hydrogens is 282 g/mol. The largest absolute Gasteiger partial charge is 0.496 e. The van der Waals surface area contributed by atoms with E-state index in [-0.39, 0.29) is 12.2 Å². The molecule has 1 rings (SSSR count). The van der Waals surface area contributed by atoms with Gasteiger partial charge >= 0.3 is 6.09 Å². The van der Waals surface area contributed by atoms with E-state index >= 15 is 0 Å². The Bertz CT molecular complexity index is 559. The summed E-state index contributed by atoms with van der Waals surface area (Å²) in [4.78, 5) is 23.7. The van der Waals surface area contributed by atoms with Gasteiger partial charge in [-0.1, -0.05) is 6.92 Å². The summed E-state index contributed by atoms with van der Waals surface area (Å²) < 4.78 is 10.5. The highest BCUT2D eigenvalue weighted by Gasteiger charge is 2.18. The summed E-state index contributed by atoms with van der Waals surface area (Å²) in [6.07, 6.45) is 0.155. The number of benzene rings is 1. The first-order valence-electron chi connectivity index (χ1n) is 7.35. The monoisotopic (exact) mass is 307 g/mol. The molecule has 1 N–H and O–H groups in total. The Balaban J connectivity index is 3.07. The summed E-state index contributed by atoms with van der Waals surface area (Å²) in [6, 6.07) is 3.58. The van der Waals surface area contributed by atoms with Gasteiger partial charge in [0, 0.05) is 18.5 Å². The third kappa shape index (κ3) is 5.39. The van der Waals surface area contributed by atoms with E-state index in [0.717, 1.165) is 11.1 Å². The lowest BCUT2D eigenvalue weighted by Crippen LogP contribution is -2.27. The summed E-state index contributed by atoms with van der Waals surface area (Å²) in [5, 5.41) is 2.72. The van der Waals surface area contributed by atoms with Gasteiger partial charge in [-0.25, -0.2) is 4.79 Å². The van der Waals surface area contributed by atoms with Crippen LogP contribution in [0, 0.1) is 6.92 Å². The second-order valence-electron chi connectivity index (χ2n) is 6.17. The van der Waals surface area contributed by atoms with Gasteiger partial charge in [-0.05, 0) is 51.0 Å². The van der Waals surface area contributed by atoms with Crippen LogP contribution in [0.15, 0.2) is 12.1 Å². The molecule has 5 nitrogen and oxygen atoms in total. The number of methoxy groups -OCH3 is 1. The van der Waals surface area contributed by atoms with Crippen LogP contribution < -0.4 is 10.1 Å². The average Bonchev–Trinajstić information content (AvgIpc) is 2.39. The molecule has 5 heteroatoms. The van der Waals surface area contributed by atoms with Crippen molar-refractivity contribution in [1.82, 2.24) is 0 Å². The zero-order chi connectivity index (χ0) is 16.9. The summed E-state index contributed by atoms with van der Waals surface area (Å²) in [6.45, 7) is 9.09. The molecule has 0 aromatic heterocycles. The normalized spacial score (nSPS) is 11.0. The highest BCUT2D eigenvalue weighted by molar-refractivity contribution is 5.89. The molecule has 0 saturated carbocycles. The number of anilines is 1. The molecule has 0 aliphatic carbocycles. The molecule has 0 heterocycles. The predicted molar refractivity (Wildman–Crippen MR) is 86.6 cm³/mol. The Morgan fingerprint density at radius 3 is 2.36 bits per heavy atom. The summed E-state index contributed by atoms with van der Waals surface area (Å²) in [5.74, 6) is 0.784. The van der Waals surface area contributed by atoms with Crippen molar-refractivity contribution in [2.45, 2.75) is 53.1 Å². The van der Waals surface area contributed by atoms with Gasteiger partial charge in [0.05, 0.1) is 7.11 Å². The summed E-state index contributed by atoms with van der Waals surface area (Å²) in [5.41, 5.74) is 1.60. The van der Waals surface area contributed by atoms with Gasteiger partial charge in [0.2, 0.25) is 0 Å². The average molecular weight is 307 g/mol. The minimum atomic E-state index is -0.578. The number of aryl methyl sites for hydroxylation is 1. The van der Waals surface area contributed by atoms with E-state index in [2.05, 4.69) is 5.32 Å². The van der Waals surface area contributed by atoms with Gasteiger partial charge in [0.25, 0.3) is 0 Å². The number of amides is 1. The minimum Gasteiger partial charge on any atom is -0.496 e. The van der Waals surface area contributed by atoms with Gasteiger partial charge in [-0.3, -0.25) is 10.1 Å². The molecule has 0 radical (unpaired) electrons. The fourth-order valence-electron chi connectivity index (χ4n) is 1.96. The topological polar surface area (TPSA) is 64.6 Å². The Labute approximate surface area is 132 Å². The number of Topliss-reactive ketones (excluding diaryl/α,β-unsaturated/α-hetero) is 1. The third-order valence-electron chi connectivity index (χ3n) is 3.04. The standard InChI is InChI=1S/C17H25NO4/c1-7-13(19)9-12-10-15(21-6)11(2)8-14(12)18-16(20)22-17(3,4)5/h8,10H,7,9H2,1-6H3,(H,18,20). The number of carbonyl (C=O) groups is 2. The van der Waals surface area contributed by atoms with E-state index in [0.29, 0.717) is 17.9 Å². The van der Waals surface area contributed by atoms with Crippen LogP contribution in [0.2, 0.25) is 0 Å². The molecule has 22 heavy (non-hydrogen) atoms. The molecule has 1 aromatic carbocycles. The molecule has 1 aromatic rings. The van der Waals surface area contributed by atoms with Crippen molar-refractivity contribution in [3.8, 4) is 5.75 Å². The second kappa shape index (κ2) is 7.29.